The Morgan fingerprint density at radius 1 is 1.37 bits per heavy atom. The lowest BCUT2D eigenvalue weighted by Crippen LogP contribution is -2.40. The molecule has 1 aliphatic heterocycles. The Morgan fingerprint density at radius 2 is 2.19 bits per heavy atom. The number of thiazole rings is 1. The minimum atomic E-state index is -0.254. The number of anilines is 1. The molecule has 0 aliphatic carbocycles. The maximum atomic E-state index is 12.3. The Kier molecular flexibility index (Phi) is 6.54. The van der Waals surface area contributed by atoms with Crippen molar-refractivity contribution in [3.05, 3.63) is 46.5 Å². The van der Waals surface area contributed by atoms with E-state index in [1.807, 2.05) is 12.1 Å². The third kappa shape index (κ3) is 5.85. The number of hydrogen-bond donors (Lipinski definition) is 2. The minimum Gasteiger partial charge on any atom is -0.376 e. The van der Waals surface area contributed by atoms with Crippen molar-refractivity contribution in [2.45, 2.75) is 33.0 Å². The molecule has 0 radical (unpaired) electrons. The molecule has 1 atom stereocenters. The van der Waals surface area contributed by atoms with E-state index in [0.29, 0.717) is 17.4 Å². The normalized spacial score (nSPS) is 17.5. The third-order valence-electron chi connectivity index (χ3n) is 4.20. The Bertz CT molecular complexity index is 808. The number of ether oxygens (including phenoxy) is 1. The molecule has 1 fully saturated rings. The Labute approximate surface area is 162 Å². The standard InChI is InChI=1S/C19H24N4O3S/c1-13-10-23(6-7-26-13)11-16-5-3-4-15(8-16)9-20-18(25)17-12-27-19(22-17)21-14(2)24/h3-5,8,12-13H,6-7,9-11H2,1-2H3,(H,20,25)(H,21,22,24)/t13-/m1/s1. The van der Waals surface area contributed by atoms with E-state index in [2.05, 4.69) is 39.6 Å². The van der Waals surface area contributed by atoms with Crippen molar-refractivity contribution in [3.63, 3.8) is 0 Å². The van der Waals surface area contributed by atoms with Crippen LogP contribution in [0.1, 0.15) is 35.5 Å². The maximum Gasteiger partial charge on any atom is 0.271 e. The van der Waals surface area contributed by atoms with E-state index in [1.165, 1.54) is 23.8 Å². The first-order valence-electron chi connectivity index (χ1n) is 8.92. The summed E-state index contributed by atoms with van der Waals surface area (Å²) < 4.78 is 5.58. The SMILES string of the molecule is CC(=O)Nc1nc(C(=O)NCc2cccc(CN3CCO[C@H](C)C3)c2)cs1. The smallest absolute Gasteiger partial charge is 0.271 e. The first-order chi connectivity index (χ1) is 13.0. The molecular formula is C19H24N4O3S. The quantitative estimate of drug-likeness (QED) is 0.793. The number of amides is 2. The van der Waals surface area contributed by atoms with Crippen LogP contribution in [-0.2, 0) is 22.6 Å². The molecule has 0 unspecified atom stereocenters. The van der Waals surface area contributed by atoms with Crippen LogP contribution in [-0.4, -0.2) is 47.5 Å². The van der Waals surface area contributed by atoms with E-state index in [9.17, 15) is 9.59 Å². The summed E-state index contributed by atoms with van der Waals surface area (Å²) in [6, 6.07) is 8.23. The number of morpholine rings is 1. The van der Waals surface area contributed by atoms with Crippen LogP contribution in [0.5, 0.6) is 0 Å². The summed E-state index contributed by atoms with van der Waals surface area (Å²) in [5.74, 6) is -0.460. The molecule has 0 bridgehead atoms. The van der Waals surface area contributed by atoms with Gasteiger partial charge in [0.2, 0.25) is 5.91 Å². The van der Waals surface area contributed by atoms with Crippen LogP contribution in [0.15, 0.2) is 29.6 Å². The number of carbonyl (C=O) groups excluding carboxylic acids is 2. The molecule has 144 valence electrons. The van der Waals surface area contributed by atoms with Crippen molar-refractivity contribution >= 4 is 28.3 Å². The van der Waals surface area contributed by atoms with Crippen molar-refractivity contribution in [2.24, 2.45) is 0 Å². The zero-order valence-corrected chi connectivity index (χ0v) is 16.3. The minimum absolute atomic E-state index is 0.206. The second-order valence-electron chi connectivity index (χ2n) is 6.64. The van der Waals surface area contributed by atoms with Gasteiger partial charge in [0.1, 0.15) is 5.69 Å². The first-order valence-corrected chi connectivity index (χ1v) is 9.80. The zero-order valence-electron chi connectivity index (χ0n) is 15.5. The largest absolute Gasteiger partial charge is 0.376 e. The van der Waals surface area contributed by atoms with Crippen molar-refractivity contribution in [3.8, 4) is 0 Å². The highest BCUT2D eigenvalue weighted by molar-refractivity contribution is 7.14. The van der Waals surface area contributed by atoms with E-state index in [4.69, 9.17) is 4.74 Å². The van der Waals surface area contributed by atoms with Crippen molar-refractivity contribution in [1.29, 1.82) is 0 Å². The topological polar surface area (TPSA) is 83.6 Å². The van der Waals surface area contributed by atoms with E-state index in [1.54, 1.807) is 5.38 Å². The molecule has 8 heteroatoms. The highest BCUT2D eigenvalue weighted by atomic mass is 32.1. The molecule has 1 saturated heterocycles. The highest BCUT2D eigenvalue weighted by Gasteiger charge is 2.17. The molecule has 1 aliphatic rings. The summed E-state index contributed by atoms with van der Waals surface area (Å²) >= 11 is 1.23. The van der Waals surface area contributed by atoms with Gasteiger partial charge in [-0.05, 0) is 18.1 Å². The Morgan fingerprint density at radius 3 is 2.96 bits per heavy atom. The number of hydrogen-bond acceptors (Lipinski definition) is 6. The van der Waals surface area contributed by atoms with Gasteiger partial charge in [-0.3, -0.25) is 14.5 Å². The molecule has 2 amide bonds. The molecule has 27 heavy (non-hydrogen) atoms. The van der Waals surface area contributed by atoms with Crippen molar-refractivity contribution in [1.82, 2.24) is 15.2 Å². The lowest BCUT2D eigenvalue weighted by atomic mass is 10.1. The van der Waals surface area contributed by atoms with Gasteiger partial charge in [0.15, 0.2) is 5.13 Å². The van der Waals surface area contributed by atoms with Gasteiger partial charge in [0, 0.05) is 38.5 Å². The monoisotopic (exact) mass is 388 g/mol. The van der Waals surface area contributed by atoms with E-state index >= 15 is 0 Å². The fourth-order valence-electron chi connectivity index (χ4n) is 2.99. The highest BCUT2D eigenvalue weighted by Crippen LogP contribution is 2.16. The second kappa shape index (κ2) is 9.07. The lowest BCUT2D eigenvalue weighted by Gasteiger charge is -2.31. The predicted molar refractivity (Wildman–Crippen MR) is 105 cm³/mol. The van der Waals surface area contributed by atoms with E-state index in [-0.39, 0.29) is 17.9 Å². The van der Waals surface area contributed by atoms with Crippen LogP contribution >= 0.6 is 11.3 Å². The van der Waals surface area contributed by atoms with E-state index in [0.717, 1.165) is 31.8 Å². The number of nitrogens with zero attached hydrogens (tertiary/aromatic N) is 2. The summed E-state index contributed by atoms with van der Waals surface area (Å²) in [7, 11) is 0. The van der Waals surface area contributed by atoms with Gasteiger partial charge in [-0.15, -0.1) is 11.3 Å². The number of benzene rings is 1. The molecule has 2 N–H and O–H groups in total. The first kappa shape index (κ1) is 19.5. The average Bonchev–Trinajstić information content (AvgIpc) is 3.08. The van der Waals surface area contributed by atoms with Gasteiger partial charge in [0.25, 0.3) is 5.91 Å². The molecule has 2 heterocycles. The van der Waals surface area contributed by atoms with Crippen molar-refractivity contribution in [2.75, 3.05) is 25.0 Å². The van der Waals surface area contributed by atoms with Crippen molar-refractivity contribution < 1.29 is 14.3 Å². The van der Waals surface area contributed by atoms with Crippen LogP contribution in [0.3, 0.4) is 0 Å². The second-order valence-corrected chi connectivity index (χ2v) is 7.50. The van der Waals surface area contributed by atoms with Crippen LogP contribution < -0.4 is 10.6 Å². The molecule has 2 aromatic rings. The van der Waals surface area contributed by atoms with Gasteiger partial charge >= 0.3 is 0 Å². The molecule has 3 rings (SSSR count). The summed E-state index contributed by atoms with van der Waals surface area (Å²) in [5.41, 5.74) is 2.57. The lowest BCUT2D eigenvalue weighted by molar-refractivity contribution is -0.114. The van der Waals surface area contributed by atoms with Gasteiger partial charge in [0.05, 0.1) is 12.7 Å². The predicted octanol–water partition coefficient (Wildman–Crippen LogP) is 2.25. The van der Waals surface area contributed by atoms with Crippen LogP contribution in [0, 0.1) is 0 Å². The molecular weight excluding hydrogens is 364 g/mol. The molecule has 0 spiro atoms. The fourth-order valence-corrected chi connectivity index (χ4v) is 3.73. The van der Waals surface area contributed by atoms with Crippen LogP contribution in [0.25, 0.3) is 0 Å². The van der Waals surface area contributed by atoms with Crippen LogP contribution in [0.4, 0.5) is 5.13 Å². The Hall–Kier alpha value is -2.29. The van der Waals surface area contributed by atoms with E-state index < -0.39 is 0 Å². The van der Waals surface area contributed by atoms with Gasteiger partial charge in [-0.25, -0.2) is 4.98 Å². The molecule has 7 nitrogen and oxygen atoms in total. The number of rotatable bonds is 6. The maximum absolute atomic E-state index is 12.3. The number of nitrogens with one attached hydrogen (secondary N) is 2. The summed E-state index contributed by atoms with van der Waals surface area (Å²) in [6.45, 7) is 7.44. The van der Waals surface area contributed by atoms with Gasteiger partial charge in [-0.2, -0.15) is 0 Å². The molecule has 0 saturated carbocycles. The summed E-state index contributed by atoms with van der Waals surface area (Å²) in [6.07, 6.45) is 0.265. The fraction of sp³-hybridized carbons (Fsp3) is 0.421. The Balaban J connectivity index is 1.54. The number of carbonyl (C=O) groups is 2. The van der Waals surface area contributed by atoms with Crippen LogP contribution in [0.2, 0.25) is 0 Å². The van der Waals surface area contributed by atoms with Gasteiger partial charge in [-0.1, -0.05) is 24.3 Å². The summed E-state index contributed by atoms with van der Waals surface area (Å²) in [4.78, 5) is 29.8. The zero-order chi connectivity index (χ0) is 19.2. The van der Waals surface area contributed by atoms with Gasteiger partial charge < -0.3 is 15.4 Å². The average molecular weight is 388 g/mol. The summed E-state index contributed by atoms with van der Waals surface area (Å²) in [5, 5.41) is 7.52. The molecule has 1 aromatic carbocycles. The molecule has 1 aromatic heterocycles. The number of aromatic nitrogens is 1. The third-order valence-corrected chi connectivity index (χ3v) is 4.95.